The van der Waals surface area contributed by atoms with E-state index in [2.05, 4.69) is 14.9 Å². The van der Waals surface area contributed by atoms with Crippen LogP contribution in [0, 0.1) is 0 Å². The zero-order valence-corrected chi connectivity index (χ0v) is 12.8. The summed E-state index contributed by atoms with van der Waals surface area (Å²) in [5, 5.41) is 6.79. The highest BCUT2D eigenvalue weighted by Gasteiger charge is 2.33. The molecule has 1 N–H and O–H groups in total. The van der Waals surface area contributed by atoms with Crippen LogP contribution in [0.2, 0.25) is 0 Å². The van der Waals surface area contributed by atoms with Crippen molar-refractivity contribution in [2.75, 3.05) is 23.7 Å². The van der Waals surface area contributed by atoms with Gasteiger partial charge in [0.15, 0.2) is 11.5 Å². The van der Waals surface area contributed by atoms with Gasteiger partial charge in [0, 0.05) is 19.1 Å². The van der Waals surface area contributed by atoms with Crippen LogP contribution in [0.15, 0.2) is 12.1 Å². The van der Waals surface area contributed by atoms with Crippen LogP contribution in [0.1, 0.15) is 25.5 Å². The molecule has 0 aromatic carbocycles. The van der Waals surface area contributed by atoms with E-state index in [1.165, 1.54) is 6.07 Å². The lowest BCUT2D eigenvalue weighted by atomic mass is 10.1. The Labute approximate surface area is 126 Å². The molecule has 0 radical (unpaired) electrons. The van der Waals surface area contributed by atoms with Gasteiger partial charge >= 0.3 is 6.18 Å². The first kappa shape index (κ1) is 16.9. The summed E-state index contributed by atoms with van der Waals surface area (Å²) in [6.07, 6.45) is -3.36. The average Bonchev–Trinajstić information content (AvgIpc) is 2.47. The van der Waals surface area contributed by atoms with Crippen LogP contribution >= 0.6 is 0 Å². The van der Waals surface area contributed by atoms with Crippen molar-refractivity contribution in [3.05, 3.63) is 17.8 Å². The molecule has 1 aliphatic rings. The lowest BCUT2D eigenvalue weighted by Gasteiger charge is -2.32. The number of nitrogens with one attached hydrogen (secondary N) is 1. The van der Waals surface area contributed by atoms with Crippen LogP contribution in [-0.2, 0) is 16.2 Å². The van der Waals surface area contributed by atoms with E-state index in [0.717, 1.165) is 6.07 Å². The van der Waals surface area contributed by atoms with Crippen LogP contribution in [0.3, 0.4) is 0 Å². The lowest BCUT2D eigenvalue weighted by Crippen LogP contribution is -2.45. The van der Waals surface area contributed by atoms with Crippen molar-refractivity contribution in [3.63, 3.8) is 0 Å². The first-order valence-electron chi connectivity index (χ1n) is 6.87. The lowest BCUT2D eigenvalue weighted by molar-refractivity contribution is -0.141. The Kier molecular flexibility index (Phi) is 4.90. The largest absolute Gasteiger partial charge is 0.435 e. The summed E-state index contributed by atoms with van der Waals surface area (Å²) in [4.78, 5) is 1.80. The van der Waals surface area contributed by atoms with Gasteiger partial charge < -0.3 is 4.90 Å². The molecule has 0 bridgehead atoms. The highest BCUT2D eigenvalue weighted by molar-refractivity contribution is 7.89. The zero-order valence-electron chi connectivity index (χ0n) is 12.0. The van der Waals surface area contributed by atoms with Gasteiger partial charge in [0.1, 0.15) is 0 Å². The molecule has 0 aliphatic carbocycles. The molecule has 124 valence electrons. The summed E-state index contributed by atoms with van der Waals surface area (Å²) in [7, 11) is -3.24. The number of hydrogen-bond donors (Lipinski definition) is 1. The Morgan fingerprint density at radius 2 is 1.91 bits per heavy atom. The van der Waals surface area contributed by atoms with Crippen molar-refractivity contribution in [2.24, 2.45) is 0 Å². The third-order valence-electron chi connectivity index (χ3n) is 3.49. The fourth-order valence-corrected chi connectivity index (χ4v) is 3.12. The van der Waals surface area contributed by atoms with Crippen LogP contribution < -0.4 is 9.62 Å². The maximum absolute atomic E-state index is 12.4. The molecule has 2 heterocycles. The van der Waals surface area contributed by atoms with Crippen LogP contribution in [0.25, 0.3) is 0 Å². The first-order valence-corrected chi connectivity index (χ1v) is 8.52. The highest BCUT2D eigenvalue weighted by Crippen LogP contribution is 2.28. The van der Waals surface area contributed by atoms with Crippen LogP contribution in [-0.4, -0.2) is 43.5 Å². The van der Waals surface area contributed by atoms with Gasteiger partial charge in [-0.15, -0.1) is 10.2 Å². The molecular weight excluding hydrogens is 321 g/mol. The summed E-state index contributed by atoms with van der Waals surface area (Å²) >= 11 is 0. The maximum Gasteiger partial charge on any atom is 0.435 e. The molecule has 22 heavy (non-hydrogen) atoms. The molecule has 6 nitrogen and oxygen atoms in total. The molecule has 1 saturated heterocycles. The molecule has 1 aromatic rings. The quantitative estimate of drug-likeness (QED) is 0.898. The van der Waals surface area contributed by atoms with Crippen molar-refractivity contribution in [1.82, 2.24) is 14.9 Å². The predicted molar refractivity (Wildman–Crippen MR) is 74.9 cm³/mol. The van der Waals surface area contributed by atoms with Crippen molar-refractivity contribution in [3.8, 4) is 0 Å². The predicted octanol–water partition coefficient (Wildman–Crippen LogP) is 1.40. The molecule has 0 atom stereocenters. The van der Waals surface area contributed by atoms with E-state index in [-0.39, 0.29) is 11.8 Å². The van der Waals surface area contributed by atoms with Gasteiger partial charge in [-0.25, -0.2) is 13.1 Å². The van der Waals surface area contributed by atoms with Crippen molar-refractivity contribution < 1.29 is 21.6 Å². The monoisotopic (exact) mass is 338 g/mol. The smallest absolute Gasteiger partial charge is 0.355 e. The van der Waals surface area contributed by atoms with Gasteiger partial charge in [0.25, 0.3) is 0 Å². The maximum atomic E-state index is 12.4. The van der Waals surface area contributed by atoms with E-state index in [1.54, 1.807) is 11.8 Å². The molecule has 10 heteroatoms. The third-order valence-corrected chi connectivity index (χ3v) is 4.94. The summed E-state index contributed by atoms with van der Waals surface area (Å²) in [5.41, 5.74) is -1.03. The second-order valence-corrected chi connectivity index (χ2v) is 7.10. The van der Waals surface area contributed by atoms with E-state index in [0.29, 0.717) is 31.7 Å². The summed E-state index contributed by atoms with van der Waals surface area (Å²) < 4.78 is 62.9. The topological polar surface area (TPSA) is 75.2 Å². The Morgan fingerprint density at radius 3 is 2.36 bits per heavy atom. The SMILES string of the molecule is CCS(=O)(=O)NC1CCN(c2ccc(C(F)(F)F)nn2)CC1. The number of hydrogen-bond acceptors (Lipinski definition) is 5. The number of anilines is 1. The molecule has 0 spiro atoms. The molecule has 1 aromatic heterocycles. The number of sulfonamides is 1. The van der Waals surface area contributed by atoms with Crippen LogP contribution in [0.4, 0.5) is 19.0 Å². The Hall–Kier alpha value is -1.42. The van der Waals surface area contributed by atoms with Gasteiger partial charge in [-0.2, -0.15) is 13.2 Å². The van der Waals surface area contributed by atoms with Crippen molar-refractivity contribution in [1.29, 1.82) is 0 Å². The van der Waals surface area contributed by atoms with Gasteiger partial charge in [-0.1, -0.05) is 0 Å². The van der Waals surface area contributed by atoms with Crippen molar-refractivity contribution in [2.45, 2.75) is 32.0 Å². The van der Waals surface area contributed by atoms with Gasteiger partial charge in [-0.05, 0) is 31.9 Å². The molecule has 1 aliphatic heterocycles. The number of halogens is 3. The number of alkyl halides is 3. The summed E-state index contributed by atoms with van der Waals surface area (Å²) in [5.74, 6) is 0.391. The minimum atomic E-state index is -4.50. The van der Waals surface area contributed by atoms with Gasteiger partial charge in [-0.3, -0.25) is 0 Å². The second kappa shape index (κ2) is 6.37. The number of aromatic nitrogens is 2. The average molecular weight is 338 g/mol. The minimum Gasteiger partial charge on any atom is -0.355 e. The molecular formula is C12H17F3N4O2S. The summed E-state index contributed by atoms with van der Waals surface area (Å²) in [6.45, 7) is 2.59. The van der Waals surface area contributed by atoms with Gasteiger partial charge in [0.2, 0.25) is 10.0 Å². The standard InChI is InChI=1S/C12H17F3N4O2S/c1-2-22(20,21)18-9-5-7-19(8-6-9)11-4-3-10(16-17-11)12(13,14)15/h3-4,9,18H,2,5-8H2,1H3. The van der Waals surface area contributed by atoms with Gasteiger partial charge in [0.05, 0.1) is 5.75 Å². The Bertz CT molecular complexity index is 596. The van der Waals surface area contributed by atoms with E-state index >= 15 is 0 Å². The molecule has 1 fully saturated rings. The normalized spacial score (nSPS) is 17.7. The fraction of sp³-hybridized carbons (Fsp3) is 0.667. The first-order chi connectivity index (χ1) is 10.2. The Balaban J connectivity index is 1.94. The molecule has 0 amide bonds. The van der Waals surface area contributed by atoms with E-state index in [9.17, 15) is 21.6 Å². The highest BCUT2D eigenvalue weighted by atomic mass is 32.2. The summed E-state index contributed by atoms with van der Waals surface area (Å²) in [6, 6.07) is 2.03. The molecule has 0 saturated carbocycles. The van der Waals surface area contributed by atoms with Crippen molar-refractivity contribution >= 4 is 15.8 Å². The minimum absolute atomic E-state index is 0.0254. The number of piperidine rings is 1. The zero-order chi connectivity index (χ0) is 16.4. The van der Waals surface area contributed by atoms with E-state index in [4.69, 9.17) is 0 Å². The van der Waals surface area contributed by atoms with E-state index in [1.807, 2.05) is 0 Å². The third kappa shape index (κ3) is 4.29. The Morgan fingerprint density at radius 1 is 1.27 bits per heavy atom. The molecule has 2 rings (SSSR count). The van der Waals surface area contributed by atoms with Crippen LogP contribution in [0.5, 0.6) is 0 Å². The fourth-order valence-electron chi connectivity index (χ4n) is 2.21. The molecule has 0 unspecified atom stereocenters. The number of rotatable bonds is 4. The second-order valence-electron chi connectivity index (χ2n) is 5.06. The van der Waals surface area contributed by atoms with E-state index < -0.39 is 21.9 Å². The number of nitrogens with zero attached hydrogens (tertiary/aromatic N) is 3.